The number of carboxylic acids is 2. The fraction of sp³-hybridized carbons (Fsp3) is 0.800. The number of rotatable bonds is 10. The van der Waals surface area contributed by atoms with E-state index in [1.807, 2.05) is 12.5 Å². The van der Waals surface area contributed by atoms with Gasteiger partial charge in [-0.05, 0) is 36.9 Å². The number of carboxylic acid groups (broad SMARTS) is 2. The van der Waals surface area contributed by atoms with E-state index in [2.05, 4.69) is 10.4 Å². The van der Waals surface area contributed by atoms with Crippen LogP contribution in [0.1, 0.15) is 12.8 Å². The third kappa shape index (κ3) is 16.3. The van der Waals surface area contributed by atoms with E-state index in [-0.39, 0.29) is 50.6 Å². The molecule has 0 aromatic rings. The number of hydrogen-bond donors (Lipinski definition) is 0. The third-order valence-electron chi connectivity index (χ3n) is 1.99. The quantitative estimate of drug-likeness (QED) is 0.350. The molecule has 0 unspecified atom stereocenters. The average Bonchev–Trinajstić information content (AvgIpc) is 2.40. The number of nitroso groups, excluding NO2 is 2. The molecule has 0 rings (SSSR count). The molecule has 0 saturated carbocycles. The van der Waals surface area contributed by atoms with Crippen LogP contribution in [0.4, 0.5) is 0 Å². The van der Waals surface area contributed by atoms with Crippen LogP contribution in [0.15, 0.2) is 10.4 Å². The molecule has 0 radical (unpaired) electrons. The van der Waals surface area contributed by atoms with Crippen LogP contribution in [0.3, 0.4) is 0 Å². The van der Waals surface area contributed by atoms with Gasteiger partial charge in [-0.1, -0.05) is 10.4 Å². The van der Waals surface area contributed by atoms with Gasteiger partial charge in [-0.3, -0.25) is 0 Å². The second-order valence-electron chi connectivity index (χ2n) is 3.44. The SMILES string of the molecule is CSCC[C@H](N=O)C(=O)[O-].CSCC[C@H](N=O)C(=O)[O-].[Ca+2]. The fourth-order valence-corrected chi connectivity index (χ4v) is 1.80. The van der Waals surface area contributed by atoms with Gasteiger partial charge < -0.3 is 19.8 Å². The molecular weight excluding hydrogens is 348 g/mol. The largest absolute Gasteiger partial charge is 2.00 e. The van der Waals surface area contributed by atoms with Crippen LogP contribution >= 0.6 is 23.5 Å². The predicted octanol–water partition coefficient (Wildman–Crippen LogP) is -1.13. The molecule has 0 saturated heterocycles. The van der Waals surface area contributed by atoms with Gasteiger partial charge in [-0.15, -0.1) is 0 Å². The minimum atomic E-state index is -1.39. The number of thioether (sulfide) groups is 2. The molecule has 0 bridgehead atoms. The number of carbonyl (C=O) groups excluding carboxylic acids is 2. The van der Waals surface area contributed by atoms with E-state index in [4.69, 9.17) is 0 Å². The summed E-state index contributed by atoms with van der Waals surface area (Å²) in [5.41, 5.74) is 0. The standard InChI is InChI=1S/2C5H9NO3S.Ca/c2*1-10-3-2-4(6-9)5(7)8;/h2*4H,2-3H2,1H3,(H,7,8);/q;;+2/p-2/t2*4-;/m00./s1. The zero-order valence-electron chi connectivity index (χ0n) is 11.9. The Bertz CT molecular complexity index is 292. The van der Waals surface area contributed by atoms with E-state index in [1.54, 1.807) is 0 Å². The van der Waals surface area contributed by atoms with E-state index in [1.165, 1.54) is 23.5 Å². The molecule has 0 aliphatic rings. The zero-order valence-corrected chi connectivity index (χ0v) is 15.7. The normalized spacial score (nSPS) is 11.9. The van der Waals surface area contributed by atoms with Crippen LogP contribution in [0.2, 0.25) is 0 Å². The van der Waals surface area contributed by atoms with Gasteiger partial charge >= 0.3 is 37.7 Å². The first-order valence-electron chi connectivity index (χ1n) is 5.49. The molecule has 0 spiro atoms. The second kappa shape index (κ2) is 18.1. The van der Waals surface area contributed by atoms with Crippen molar-refractivity contribution < 1.29 is 19.8 Å². The molecule has 0 aromatic heterocycles. The summed E-state index contributed by atoms with van der Waals surface area (Å²) < 4.78 is 0. The van der Waals surface area contributed by atoms with Gasteiger partial charge in [0.05, 0.1) is 11.9 Å². The molecule has 0 aliphatic heterocycles. The molecule has 11 heteroatoms. The van der Waals surface area contributed by atoms with Gasteiger partial charge in [0.1, 0.15) is 12.1 Å². The Labute approximate surface area is 161 Å². The summed E-state index contributed by atoms with van der Waals surface area (Å²) in [5, 5.41) is 24.8. The molecule has 2 atom stereocenters. The number of carbonyl (C=O) groups is 2. The Kier molecular flexibility index (Phi) is 22.5. The van der Waals surface area contributed by atoms with Crippen LogP contribution in [0, 0.1) is 9.81 Å². The van der Waals surface area contributed by atoms with E-state index in [0.717, 1.165) is 0 Å². The van der Waals surface area contributed by atoms with Crippen molar-refractivity contribution in [3.05, 3.63) is 9.81 Å². The van der Waals surface area contributed by atoms with Gasteiger partial charge in [-0.25, -0.2) is 0 Å². The summed E-state index contributed by atoms with van der Waals surface area (Å²) in [5.74, 6) is -1.54. The Morgan fingerprint density at radius 1 is 0.905 bits per heavy atom. The van der Waals surface area contributed by atoms with Crippen LogP contribution in [0.25, 0.3) is 0 Å². The maximum Gasteiger partial charge on any atom is 2.00 e. The van der Waals surface area contributed by atoms with Crippen molar-refractivity contribution >= 4 is 73.2 Å². The third-order valence-corrected chi connectivity index (χ3v) is 3.28. The van der Waals surface area contributed by atoms with Crippen molar-refractivity contribution in [3.8, 4) is 0 Å². The van der Waals surface area contributed by atoms with Crippen LogP contribution in [0.5, 0.6) is 0 Å². The van der Waals surface area contributed by atoms with Gasteiger partial charge in [-0.2, -0.15) is 33.3 Å². The number of hydrogen-bond acceptors (Lipinski definition) is 10. The summed E-state index contributed by atoms with van der Waals surface area (Å²) >= 11 is 2.95. The Hall–Kier alpha value is 0.0997. The maximum atomic E-state index is 10.0. The van der Waals surface area contributed by atoms with E-state index >= 15 is 0 Å². The molecule has 0 amide bonds. The Balaban J connectivity index is -0.000000295. The Morgan fingerprint density at radius 2 is 1.19 bits per heavy atom. The van der Waals surface area contributed by atoms with E-state index < -0.39 is 24.0 Å². The fourth-order valence-electron chi connectivity index (χ4n) is 0.886. The zero-order chi connectivity index (χ0) is 16.0. The van der Waals surface area contributed by atoms with Gasteiger partial charge in [0.25, 0.3) is 0 Å². The summed E-state index contributed by atoms with van der Waals surface area (Å²) in [4.78, 5) is 39.6. The molecule has 0 fully saturated rings. The van der Waals surface area contributed by atoms with Gasteiger partial charge in [0.15, 0.2) is 0 Å². The molecule has 0 N–H and O–H groups in total. The van der Waals surface area contributed by atoms with Crippen LogP contribution in [-0.4, -0.2) is 85.8 Å². The topological polar surface area (TPSA) is 139 Å². The molecule has 0 aliphatic carbocycles. The van der Waals surface area contributed by atoms with Crippen molar-refractivity contribution in [3.63, 3.8) is 0 Å². The summed E-state index contributed by atoms with van der Waals surface area (Å²) in [6, 6.07) is -2.35. The van der Waals surface area contributed by atoms with E-state index in [0.29, 0.717) is 11.5 Å². The molecular formula is C10H16CaN2O6S2. The summed E-state index contributed by atoms with van der Waals surface area (Å²) in [7, 11) is 0. The number of nitrogens with zero attached hydrogens (tertiary/aromatic N) is 2. The molecule has 116 valence electrons. The average molecular weight is 364 g/mol. The monoisotopic (exact) mass is 364 g/mol. The van der Waals surface area contributed by atoms with Crippen molar-refractivity contribution in [2.45, 2.75) is 24.9 Å². The first kappa shape index (κ1) is 26.0. The van der Waals surface area contributed by atoms with Crippen molar-refractivity contribution in [2.24, 2.45) is 10.4 Å². The van der Waals surface area contributed by atoms with Gasteiger partial charge in [0.2, 0.25) is 0 Å². The smallest absolute Gasteiger partial charge is 0.548 e. The summed E-state index contributed by atoms with van der Waals surface area (Å²) in [6.45, 7) is 0. The first-order chi connectivity index (χ1) is 9.44. The minimum Gasteiger partial charge on any atom is -0.548 e. The van der Waals surface area contributed by atoms with Crippen molar-refractivity contribution in [2.75, 3.05) is 24.0 Å². The molecule has 21 heavy (non-hydrogen) atoms. The second-order valence-corrected chi connectivity index (χ2v) is 5.41. The predicted molar refractivity (Wildman–Crippen MR) is 80.9 cm³/mol. The van der Waals surface area contributed by atoms with Crippen molar-refractivity contribution in [1.82, 2.24) is 0 Å². The Morgan fingerprint density at radius 3 is 1.33 bits per heavy atom. The molecule has 8 nitrogen and oxygen atoms in total. The minimum absolute atomic E-state index is 0. The van der Waals surface area contributed by atoms with Crippen molar-refractivity contribution in [1.29, 1.82) is 0 Å². The van der Waals surface area contributed by atoms with Gasteiger partial charge in [0, 0.05) is 0 Å². The van der Waals surface area contributed by atoms with E-state index in [9.17, 15) is 29.6 Å². The number of aliphatic carboxylic acids is 2. The maximum absolute atomic E-state index is 10.0. The summed E-state index contributed by atoms with van der Waals surface area (Å²) in [6.07, 6.45) is 4.17. The molecule has 0 aromatic carbocycles. The first-order valence-corrected chi connectivity index (χ1v) is 8.27. The van der Waals surface area contributed by atoms with Crippen LogP contribution in [-0.2, 0) is 9.59 Å². The molecule has 0 heterocycles. The van der Waals surface area contributed by atoms with Crippen LogP contribution < -0.4 is 10.2 Å².